The zero-order chi connectivity index (χ0) is 11.7. The van der Waals surface area contributed by atoms with Gasteiger partial charge in [-0.3, -0.25) is 0 Å². The summed E-state index contributed by atoms with van der Waals surface area (Å²) in [4.78, 5) is 9.14. The molecule has 0 amide bonds. The van der Waals surface area contributed by atoms with Gasteiger partial charge in [0.2, 0.25) is 11.8 Å². The molecule has 1 fully saturated rings. The van der Waals surface area contributed by atoms with Crippen molar-refractivity contribution in [3.05, 3.63) is 11.4 Å². The van der Waals surface area contributed by atoms with Gasteiger partial charge in [-0.15, -0.1) is 11.3 Å². The van der Waals surface area contributed by atoms with Gasteiger partial charge in [-0.1, -0.05) is 0 Å². The van der Waals surface area contributed by atoms with Crippen molar-refractivity contribution in [2.75, 3.05) is 18.9 Å². The Morgan fingerprint density at radius 1 is 1.53 bits per heavy atom. The number of nitrogen functional groups attached to an aromatic ring is 1. The van der Waals surface area contributed by atoms with Crippen LogP contribution in [0.1, 0.15) is 12.8 Å². The van der Waals surface area contributed by atoms with Gasteiger partial charge in [0.05, 0.1) is 11.5 Å². The lowest BCUT2D eigenvalue weighted by Gasteiger charge is -2.11. The summed E-state index contributed by atoms with van der Waals surface area (Å²) in [6.45, 7) is 1.36. The molecule has 2 N–H and O–H groups in total. The lowest BCUT2D eigenvalue weighted by atomic mass is 10.2. The van der Waals surface area contributed by atoms with Crippen LogP contribution in [0.4, 0.5) is 5.95 Å². The summed E-state index contributed by atoms with van der Waals surface area (Å²) in [6, 6.07) is 1.95. The van der Waals surface area contributed by atoms with E-state index < -0.39 is 0 Å². The molecule has 6 heteroatoms. The van der Waals surface area contributed by atoms with Gasteiger partial charge in [0.15, 0.2) is 0 Å². The SMILES string of the molecule is Nc1nc(OCC2CCCO2)c2ccsc2n1. The first kappa shape index (κ1) is 10.7. The highest BCUT2D eigenvalue weighted by Crippen LogP contribution is 2.27. The van der Waals surface area contributed by atoms with Gasteiger partial charge in [-0.05, 0) is 24.3 Å². The molecule has 2 aromatic rings. The number of thiophene rings is 1. The van der Waals surface area contributed by atoms with Crippen molar-refractivity contribution in [3.63, 3.8) is 0 Å². The van der Waals surface area contributed by atoms with E-state index in [1.165, 1.54) is 11.3 Å². The molecule has 2 aromatic heterocycles. The number of hydrogen-bond acceptors (Lipinski definition) is 6. The lowest BCUT2D eigenvalue weighted by molar-refractivity contribution is 0.0670. The molecule has 5 nitrogen and oxygen atoms in total. The van der Waals surface area contributed by atoms with Crippen LogP contribution in [0.3, 0.4) is 0 Å². The Balaban J connectivity index is 1.81. The van der Waals surface area contributed by atoms with E-state index in [0.717, 1.165) is 29.7 Å². The number of anilines is 1. The number of fused-ring (bicyclic) bond motifs is 1. The van der Waals surface area contributed by atoms with Crippen molar-refractivity contribution < 1.29 is 9.47 Å². The first-order valence-corrected chi connectivity index (χ1v) is 6.46. The summed E-state index contributed by atoms with van der Waals surface area (Å²) in [5.41, 5.74) is 5.64. The van der Waals surface area contributed by atoms with Crippen molar-refractivity contribution >= 4 is 27.5 Å². The fourth-order valence-electron chi connectivity index (χ4n) is 1.90. The molecule has 0 spiro atoms. The molecule has 17 heavy (non-hydrogen) atoms. The van der Waals surface area contributed by atoms with Crippen molar-refractivity contribution in [1.29, 1.82) is 0 Å². The van der Waals surface area contributed by atoms with Crippen molar-refractivity contribution in [3.8, 4) is 5.88 Å². The van der Waals surface area contributed by atoms with E-state index in [0.29, 0.717) is 12.5 Å². The Morgan fingerprint density at radius 3 is 3.29 bits per heavy atom. The van der Waals surface area contributed by atoms with Gasteiger partial charge < -0.3 is 15.2 Å². The number of ether oxygens (including phenoxy) is 2. The van der Waals surface area contributed by atoms with Crippen LogP contribution >= 0.6 is 11.3 Å². The molecule has 0 saturated carbocycles. The average Bonchev–Trinajstić information content (AvgIpc) is 2.95. The zero-order valence-electron chi connectivity index (χ0n) is 9.26. The maximum atomic E-state index is 5.69. The van der Waals surface area contributed by atoms with Crippen LogP contribution in [0.5, 0.6) is 5.88 Å². The van der Waals surface area contributed by atoms with Crippen LogP contribution < -0.4 is 10.5 Å². The van der Waals surface area contributed by atoms with E-state index in [9.17, 15) is 0 Å². The number of aromatic nitrogens is 2. The predicted octanol–water partition coefficient (Wildman–Crippen LogP) is 1.83. The molecule has 3 rings (SSSR count). The smallest absolute Gasteiger partial charge is 0.227 e. The molecule has 0 radical (unpaired) electrons. The summed E-state index contributed by atoms with van der Waals surface area (Å²) in [5, 5.41) is 2.87. The van der Waals surface area contributed by atoms with Crippen molar-refractivity contribution in [1.82, 2.24) is 9.97 Å². The molecule has 1 unspecified atom stereocenters. The summed E-state index contributed by atoms with van der Waals surface area (Å²) >= 11 is 1.53. The van der Waals surface area contributed by atoms with Crippen LogP contribution in [0.25, 0.3) is 10.2 Å². The molecule has 0 bridgehead atoms. The van der Waals surface area contributed by atoms with Crippen LogP contribution in [0.2, 0.25) is 0 Å². The molecule has 1 aliphatic heterocycles. The standard InChI is InChI=1S/C11H13N3O2S/c12-11-13-9(8-3-5-17-10(8)14-11)16-6-7-2-1-4-15-7/h3,5,7H,1-2,4,6H2,(H2,12,13,14). The maximum absolute atomic E-state index is 5.69. The summed E-state index contributed by atoms with van der Waals surface area (Å²) in [6.07, 6.45) is 2.33. The fraction of sp³-hybridized carbons (Fsp3) is 0.455. The van der Waals surface area contributed by atoms with Gasteiger partial charge in [0, 0.05) is 6.61 Å². The van der Waals surface area contributed by atoms with E-state index in [1.54, 1.807) is 0 Å². The van der Waals surface area contributed by atoms with E-state index in [1.807, 2.05) is 11.4 Å². The Hall–Kier alpha value is -1.40. The van der Waals surface area contributed by atoms with E-state index in [-0.39, 0.29) is 12.1 Å². The van der Waals surface area contributed by atoms with Crippen LogP contribution in [-0.4, -0.2) is 29.3 Å². The second kappa shape index (κ2) is 4.46. The number of nitrogens with two attached hydrogens (primary N) is 1. The second-order valence-corrected chi connectivity index (χ2v) is 4.87. The van der Waals surface area contributed by atoms with Crippen LogP contribution in [0.15, 0.2) is 11.4 Å². The normalized spacial score (nSPS) is 19.9. The molecule has 3 heterocycles. The fourth-order valence-corrected chi connectivity index (χ4v) is 2.66. The van der Waals surface area contributed by atoms with E-state index >= 15 is 0 Å². The number of rotatable bonds is 3. The average molecular weight is 251 g/mol. The van der Waals surface area contributed by atoms with E-state index in [2.05, 4.69) is 9.97 Å². The molecule has 0 aromatic carbocycles. The Kier molecular flexibility index (Phi) is 2.82. The summed E-state index contributed by atoms with van der Waals surface area (Å²) in [7, 11) is 0. The minimum atomic E-state index is 0.180. The van der Waals surface area contributed by atoms with Gasteiger partial charge in [-0.25, -0.2) is 4.98 Å². The van der Waals surface area contributed by atoms with Gasteiger partial charge in [0.25, 0.3) is 0 Å². The molecule has 90 valence electrons. The van der Waals surface area contributed by atoms with Gasteiger partial charge >= 0.3 is 0 Å². The summed E-state index contributed by atoms with van der Waals surface area (Å²) in [5.74, 6) is 0.812. The third-order valence-corrected chi connectivity index (χ3v) is 3.54. The first-order valence-electron chi connectivity index (χ1n) is 5.58. The Labute approximate surface area is 103 Å². The third-order valence-electron chi connectivity index (χ3n) is 2.74. The third kappa shape index (κ3) is 2.18. The largest absolute Gasteiger partial charge is 0.474 e. The first-order chi connectivity index (χ1) is 8.33. The highest BCUT2D eigenvalue weighted by Gasteiger charge is 2.17. The second-order valence-electron chi connectivity index (χ2n) is 3.97. The molecule has 1 saturated heterocycles. The Morgan fingerprint density at radius 2 is 2.47 bits per heavy atom. The number of nitrogens with zero attached hydrogens (tertiary/aromatic N) is 2. The minimum absolute atomic E-state index is 0.180. The highest BCUT2D eigenvalue weighted by molar-refractivity contribution is 7.16. The van der Waals surface area contributed by atoms with E-state index in [4.69, 9.17) is 15.2 Å². The topological polar surface area (TPSA) is 70.3 Å². The van der Waals surface area contributed by atoms with Crippen LogP contribution in [-0.2, 0) is 4.74 Å². The predicted molar refractivity (Wildman–Crippen MR) is 66.3 cm³/mol. The molecular weight excluding hydrogens is 238 g/mol. The minimum Gasteiger partial charge on any atom is -0.474 e. The molecule has 1 aliphatic rings. The van der Waals surface area contributed by atoms with Gasteiger partial charge in [0.1, 0.15) is 11.4 Å². The summed E-state index contributed by atoms with van der Waals surface area (Å²) < 4.78 is 11.2. The number of hydrogen-bond donors (Lipinski definition) is 1. The monoisotopic (exact) mass is 251 g/mol. The van der Waals surface area contributed by atoms with Crippen molar-refractivity contribution in [2.24, 2.45) is 0 Å². The zero-order valence-corrected chi connectivity index (χ0v) is 10.1. The van der Waals surface area contributed by atoms with Gasteiger partial charge in [-0.2, -0.15) is 4.98 Å². The highest BCUT2D eigenvalue weighted by atomic mass is 32.1. The quantitative estimate of drug-likeness (QED) is 0.901. The maximum Gasteiger partial charge on any atom is 0.227 e. The lowest BCUT2D eigenvalue weighted by Crippen LogP contribution is -2.17. The Bertz CT molecular complexity index is 522. The molecule has 0 aliphatic carbocycles. The molecular formula is C11H13N3O2S. The van der Waals surface area contributed by atoms with Crippen LogP contribution in [0, 0.1) is 0 Å². The van der Waals surface area contributed by atoms with Crippen molar-refractivity contribution in [2.45, 2.75) is 18.9 Å². The molecule has 1 atom stereocenters.